The van der Waals surface area contributed by atoms with Crippen molar-refractivity contribution in [2.24, 2.45) is 10.9 Å². The molecule has 1 aromatic carbocycles. The number of carbonyl (C=O) groups is 1. The maximum Gasteiger partial charge on any atom is 0.256 e. The van der Waals surface area contributed by atoms with Crippen molar-refractivity contribution in [3.05, 3.63) is 42.1 Å². The summed E-state index contributed by atoms with van der Waals surface area (Å²) in [5.74, 6) is -0.0533. The van der Waals surface area contributed by atoms with E-state index in [2.05, 4.69) is 10.1 Å². The number of nitrogens with two attached hydrogens (primary N) is 1. The zero-order valence-corrected chi connectivity index (χ0v) is 11.4. The highest BCUT2D eigenvalue weighted by atomic mass is 16.4. The van der Waals surface area contributed by atoms with Crippen LogP contribution in [0.5, 0.6) is 0 Å². The van der Waals surface area contributed by atoms with Crippen LogP contribution in [0.2, 0.25) is 0 Å². The van der Waals surface area contributed by atoms with E-state index in [9.17, 15) is 4.79 Å². The molecule has 21 heavy (non-hydrogen) atoms. The number of nitrogens with zero attached hydrogens (tertiary/aromatic N) is 3. The molecule has 2 aromatic rings. The van der Waals surface area contributed by atoms with Gasteiger partial charge in [0.25, 0.3) is 5.91 Å². The Morgan fingerprint density at radius 2 is 2.19 bits per heavy atom. The Bertz CT molecular complexity index is 708. The Morgan fingerprint density at radius 1 is 1.38 bits per heavy atom. The van der Waals surface area contributed by atoms with E-state index in [-0.39, 0.29) is 17.8 Å². The van der Waals surface area contributed by atoms with E-state index in [4.69, 9.17) is 10.9 Å². The second-order valence-electron chi connectivity index (χ2n) is 5.06. The molecule has 6 heteroatoms. The van der Waals surface area contributed by atoms with E-state index in [0.29, 0.717) is 24.0 Å². The molecule has 3 rings (SSSR count). The maximum absolute atomic E-state index is 12.8. The monoisotopic (exact) mass is 284 g/mol. The molecule has 0 radical (unpaired) electrons. The first-order chi connectivity index (χ1) is 10.2. The Hall–Kier alpha value is -2.63. The van der Waals surface area contributed by atoms with Gasteiger partial charge in [-0.3, -0.25) is 9.78 Å². The number of fused-ring (bicyclic) bond motifs is 1. The second-order valence-corrected chi connectivity index (χ2v) is 5.06. The molecule has 0 saturated carbocycles. The summed E-state index contributed by atoms with van der Waals surface area (Å²) < 4.78 is 0. The zero-order valence-electron chi connectivity index (χ0n) is 11.4. The number of rotatable bonds is 2. The molecular formula is C15H16N4O2. The van der Waals surface area contributed by atoms with Crippen LogP contribution in [0.25, 0.3) is 10.9 Å². The van der Waals surface area contributed by atoms with Crippen molar-refractivity contribution in [1.29, 1.82) is 0 Å². The summed E-state index contributed by atoms with van der Waals surface area (Å²) in [5, 5.41) is 12.8. The summed E-state index contributed by atoms with van der Waals surface area (Å²) in [6.45, 7) is 0.600. The summed E-state index contributed by atoms with van der Waals surface area (Å²) in [7, 11) is 0. The number of amidine groups is 1. The molecule has 1 amide bonds. The van der Waals surface area contributed by atoms with Crippen LogP contribution in [0.15, 0.2) is 41.7 Å². The van der Waals surface area contributed by atoms with Crippen LogP contribution >= 0.6 is 0 Å². The topological polar surface area (TPSA) is 91.8 Å². The van der Waals surface area contributed by atoms with Crippen molar-refractivity contribution < 1.29 is 10.0 Å². The predicted octanol–water partition coefficient (Wildman–Crippen LogP) is 1.59. The number of carbonyl (C=O) groups excluding carboxylic acids is 1. The molecule has 3 N–H and O–H groups in total. The zero-order chi connectivity index (χ0) is 14.8. The summed E-state index contributed by atoms with van der Waals surface area (Å²) >= 11 is 0. The molecule has 0 spiro atoms. The maximum atomic E-state index is 12.8. The predicted molar refractivity (Wildman–Crippen MR) is 79.2 cm³/mol. The third kappa shape index (κ3) is 2.29. The molecule has 1 unspecified atom stereocenters. The van der Waals surface area contributed by atoms with Gasteiger partial charge in [0.15, 0.2) is 5.84 Å². The average molecular weight is 284 g/mol. The fourth-order valence-electron chi connectivity index (χ4n) is 2.82. The van der Waals surface area contributed by atoms with E-state index in [1.165, 1.54) is 0 Å². The molecule has 108 valence electrons. The standard InChI is InChI=1S/C15H16N4O2/c16-14(18-21)12-7-3-9-19(12)15(20)11-6-1-4-10-5-2-8-17-13(10)11/h1-2,4-6,8,12,21H,3,7,9H2,(H2,16,18). The Kier molecular flexibility index (Phi) is 3.43. The van der Waals surface area contributed by atoms with Gasteiger partial charge >= 0.3 is 0 Å². The quantitative estimate of drug-likeness (QED) is 0.379. The smallest absolute Gasteiger partial charge is 0.256 e. The molecule has 2 heterocycles. The number of benzene rings is 1. The molecule has 1 atom stereocenters. The van der Waals surface area contributed by atoms with Crippen LogP contribution in [0.1, 0.15) is 23.2 Å². The lowest BCUT2D eigenvalue weighted by atomic mass is 10.1. The Morgan fingerprint density at radius 3 is 3.00 bits per heavy atom. The van der Waals surface area contributed by atoms with Crippen LogP contribution in [-0.2, 0) is 0 Å². The summed E-state index contributed by atoms with van der Waals surface area (Å²) in [4.78, 5) is 18.7. The number of amides is 1. The molecule has 0 aliphatic carbocycles. The molecule has 0 bridgehead atoms. The SMILES string of the molecule is NC(=NO)C1CCCN1C(=O)c1cccc2cccnc12. The van der Waals surface area contributed by atoms with Gasteiger partial charge in [0.05, 0.1) is 17.1 Å². The third-order valence-electron chi connectivity index (χ3n) is 3.83. The van der Waals surface area contributed by atoms with Gasteiger partial charge in [-0.05, 0) is 25.0 Å². The number of hydrogen-bond acceptors (Lipinski definition) is 4. The first-order valence-electron chi connectivity index (χ1n) is 6.84. The number of aromatic nitrogens is 1. The van der Waals surface area contributed by atoms with Crippen molar-refractivity contribution in [3.8, 4) is 0 Å². The minimum atomic E-state index is -0.346. The number of para-hydroxylation sites is 1. The molecule has 1 aliphatic heterocycles. The van der Waals surface area contributed by atoms with Gasteiger partial charge in [-0.25, -0.2) is 0 Å². The second kappa shape index (κ2) is 5.40. The van der Waals surface area contributed by atoms with Gasteiger partial charge in [0.2, 0.25) is 0 Å². The van der Waals surface area contributed by atoms with Crippen LogP contribution in [-0.4, -0.2) is 39.4 Å². The lowest BCUT2D eigenvalue weighted by molar-refractivity contribution is 0.0769. The van der Waals surface area contributed by atoms with Gasteiger partial charge in [0, 0.05) is 18.1 Å². The van der Waals surface area contributed by atoms with Crippen molar-refractivity contribution in [1.82, 2.24) is 9.88 Å². The normalized spacial score (nSPS) is 19.1. The van der Waals surface area contributed by atoms with Crippen molar-refractivity contribution in [2.45, 2.75) is 18.9 Å². The highest BCUT2D eigenvalue weighted by Crippen LogP contribution is 2.23. The van der Waals surface area contributed by atoms with Gasteiger partial charge in [-0.15, -0.1) is 0 Å². The fraction of sp³-hybridized carbons (Fsp3) is 0.267. The minimum Gasteiger partial charge on any atom is -0.409 e. The molecule has 6 nitrogen and oxygen atoms in total. The molecule has 1 aromatic heterocycles. The third-order valence-corrected chi connectivity index (χ3v) is 3.83. The van der Waals surface area contributed by atoms with Gasteiger partial charge < -0.3 is 15.8 Å². The fourth-order valence-corrected chi connectivity index (χ4v) is 2.82. The largest absolute Gasteiger partial charge is 0.409 e. The van der Waals surface area contributed by atoms with Crippen molar-refractivity contribution >= 4 is 22.6 Å². The summed E-state index contributed by atoms with van der Waals surface area (Å²) in [6.07, 6.45) is 3.22. The van der Waals surface area contributed by atoms with E-state index < -0.39 is 0 Å². The Balaban J connectivity index is 2.01. The lowest BCUT2D eigenvalue weighted by Crippen LogP contribution is -2.44. The van der Waals surface area contributed by atoms with E-state index in [0.717, 1.165) is 11.8 Å². The first kappa shape index (κ1) is 13.4. The highest BCUT2D eigenvalue weighted by molar-refractivity contribution is 6.07. The van der Waals surface area contributed by atoms with Gasteiger partial charge in [-0.1, -0.05) is 23.4 Å². The van der Waals surface area contributed by atoms with Crippen molar-refractivity contribution in [2.75, 3.05) is 6.54 Å². The van der Waals surface area contributed by atoms with Crippen LogP contribution in [0.4, 0.5) is 0 Å². The van der Waals surface area contributed by atoms with Crippen LogP contribution in [0.3, 0.4) is 0 Å². The van der Waals surface area contributed by atoms with Crippen LogP contribution in [0, 0.1) is 0 Å². The van der Waals surface area contributed by atoms with Crippen molar-refractivity contribution in [3.63, 3.8) is 0 Å². The molecule has 1 fully saturated rings. The van der Waals surface area contributed by atoms with E-state index in [1.807, 2.05) is 24.3 Å². The highest BCUT2D eigenvalue weighted by Gasteiger charge is 2.33. The molecule has 1 saturated heterocycles. The summed E-state index contributed by atoms with van der Waals surface area (Å²) in [5.41, 5.74) is 6.91. The molecule has 1 aliphatic rings. The summed E-state index contributed by atoms with van der Waals surface area (Å²) in [6, 6.07) is 8.94. The number of pyridine rings is 1. The van der Waals surface area contributed by atoms with Gasteiger partial charge in [0.1, 0.15) is 0 Å². The average Bonchev–Trinajstić information content (AvgIpc) is 3.02. The molecular weight excluding hydrogens is 268 g/mol. The lowest BCUT2D eigenvalue weighted by Gasteiger charge is -2.24. The minimum absolute atomic E-state index is 0.0778. The van der Waals surface area contributed by atoms with Crippen LogP contribution < -0.4 is 5.73 Å². The number of likely N-dealkylation sites (tertiary alicyclic amines) is 1. The number of oxime groups is 1. The van der Waals surface area contributed by atoms with Gasteiger partial charge in [-0.2, -0.15) is 0 Å². The van der Waals surface area contributed by atoms with E-state index in [1.54, 1.807) is 17.2 Å². The number of hydrogen-bond donors (Lipinski definition) is 2. The Labute approximate surface area is 121 Å². The van der Waals surface area contributed by atoms with E-state index >= 15 is 0 Å². The first-order valence-corrected chi connectivity index (χ1v) is 6.84.